The maximum Gasteiger partial charge on any atom is 0.328 e. The highest BCUT2D eigenvalue weighted by molar-refractivity contribution is 5.86. The van der Waals surface area contributed by atoms with Gasteiger partial charge in [-0.25, -0.2) is 4.79 Å². The van der Waals surface area contributed by atoms with Gasteiger partial charge in [-0.15, -0.1) is 0 Å². The Kier molecular flexibility index (Phi) is 5.91. The van der Waals surface area contributed by atoms with Crippen molar-refractivity contribution < 1.29 is 23.9 Å². The van der Waals surface area contributed by atoms with Gasteiger partial charge in [-0.1, -0.05) is 36.8 Å². The Balaban J connectivity index is 1.49. The van der Waals surface area contributed by atoms with Crippen molar-refractivity contribution >= 4 is 17.8 Å². The largest absolute Gasteiger partial charge is 0.467 e. The summed E-state index contributed by atoms with van der Waals surface area (Å²) in [5, 5.41) is 2.61. The zero-order chi connectivity index (χ0) is 18.5. The summed E-state index contributed by atoms with van der Waals surface area (Å²) in [5.74, 6) is -0.320. The lowest BCUT2D eigenvalue weighted by atomic mass is 9.89. The van der Waals surface area contributed by atoms with E-state index in [2.05, 4.69) is 5.32 Å². The van der Waals surface area contributed by atoms with Gasteiger partial charge in [0.2, 0.25) is 0 Å². The number of ether oxygens (including phenoxy) is 2. The number of amides is 1. The lowest BCUT2D eigenvalue weighted by Gasteiger charge is -2.20. The van der Waals surface area contributed by atoms with Gasteiger partial charge < -0.3 is 14.8 Å². The zero-order valence-corrected chi connectivity index (χ0v) is 15.0. The first-order valence-electron chi connectivity index (χ1n) is 9.14. The Hall–Kier alpha value is -2.37. The molecule has 0 spiro atoms. The molecule has 1 N–H and O–H groups in total. The fourth-order valence-electron chi connectivity index (χ4n) is 4.20. The lowest BCUT2D eigenvalue weighted by molar-refractivity contribution is -0.155. The van der Waals surface area contributed by atoms with E-state index in [9.17, 15) is 14.4 Å². The van der Waals surface area contributed by atoms with Crippen molar-refractivity contribution in [3.05, 3.63) is 35.9 Å². The first kappa shape index (κ1) is 18.4. The molecule has 0 saturated heterocycles. The van der Waals surface area contributed by atoms with Gasteiger partial charge in [0.15, 0.2) is 6.61 Å². The number of rotatable bonds is 7. The second-order valence-corrected chi connectivity index (χ2v) is 7.22. The fourth-order valence-corrected chi connectivity index (χ4v) is 4.20. The van der Waals surface area contributed by atoms with Gasteiger partial charge >= 0.3 is 11.9 Å². The van der Waals surface area contributed by atoms with E-state index in [1.807, 2.05) is 30.3 Å². The third-order valence-electron chi connectivity index (χ3n) is 5.49. The van der Waals surface area contributed by atoms with Crippen molar-refractivity contribution in [2.75, 3.05) is 13.7 Å². The molecule has 2 aliphatic rings. The van der Waals surface area contributed by atoms with Gasteiger partial charge in [0.05, 0.1) is 13.0 Å². The van der Waals surface area contributed by atoms with Crippen LogP contribution >= 0.6 is 0 Å². The van der Waals surface area contributed by atoms with Crippen molar-refractivity contribution in [3.8, 4) is 0 Å². The molecule has 0 radical (unpaired) electrons. The summed E-state index contributed by atoms with van der Waals surface area (Å²) < 4.78 is 9.97. The average Bonchev–Trinajstić information content (AvgIpc) is 3.29. The van der Waals surface area contributed by atoms with E-state index in [4.69, 9.17) is 9.47 Å². The molecule has 0 aromatic heterocycles. The standard InChI is InChI=1S/C20H25NO5/c1-25-20(24)17(11-13-5-3-2-4-6-13)21-18(22)12-26-19(23)16-10-14-7-8-15(16)9-14/h2-6,14-17H,7-12H2,1H3,(H,21,22). The quantitative estimate of drug-likeness (QED) is 0.752. The molecule has 2 bridgehead atoms. The molecule has 6 nitrogen and oxygen atoms in total. The van der Waals surface area contributed by atoms with E-state index < -0.39 is 17.9 Å². The van der Waals surface area contributed by atoms with Crippen LogP contribution in [0.5, 0.6) is 0 Å². The van der Waals surface area contributed by atoms with Gasteiger partial charge in [-0.2, -0.15) is 0 Å². The van der Waals surface area contributed by atoms with Gasteiger partial charge in [-0.05, 0) is 36.7 Å². The van der Waals surface area contributed by atoms with Crippen LogP contribution < -0.4 is 5.32 Å². The highest BCUT2D eigenvalue weighted by Crippen LogP contribution is 2.48. The Labute approximate surface area is 153 Å². The number of benzene rings is 1. The van der Waals surface area contributed by atoms with E-state index in [1.54, 1.807) is 0 Å². The van der Waals surface area contributed by atoms with Crippen LogP contribution in [0.15, 0.2) is 30.3 Å². The molecule has 1 amide bonds. The summed E-state index contributed by atoms with van der Waals surface area (Å²) >= 11 is 0. The third-order valence-corrected chi connectivity index (χ3v) is 5.49. The summed E-state index contributed by atoms with van der Waals surface area (Å²) in [5.41, 5.74) is 0.905. The number of fused-ring (bicyclic) bond motifs is 2. The molecule has 1 aromatic rings. The Bertz CT molecular complexity index is 659. The summed E-state index contributed by atoms with van der Waals surface area (Å²) in [6.45, 7) is -0.366. The number of carbonyl (C=O) groups excluding carboxylic acids is 3. The van der Waals surface area contributed by atoms with Crippen LogP contribution in [-0.2, 0) is 30.3 Å². The number of nitrogens with one attached hydrogen (secondary N) is 1. The number of carbonyl (C=O) groups is 3. The first-order valence-corrected chi connectivity index (χ1v) is 9.14. The highest BCUT2D eigenvalue weighted by atomic mass is 16.5. The zero-order valence-electron chi connectivity index (χ0n) is 15.0. The minimum atomic E-state index is -0.809. The number of methoxy groups -OCH3 is 1. The number of esters is 2. The van der Waals surface area contributed by atoms with E-state index in [-0.39, 0.29) is 18.5 Å². The molecule has 6 heteroatoms. The molecular formula is C20H25NO5. The molecule has 26 heavy (non-hydrogen) atoms. The summed E-state index contributed by atoms with van der Waals surface area (Å²) in [6, 6.07) is 8.54. The van der Waals surface area contributed by atoms with Crippen LogP contribution in [-0.4, -0.2) is 37.6 Å². The van der Waals surface area contributed by atoms with Gasteiger partial charge in [0.25, 0.3) is 5.91 Å². The van der Waals surface area contributed by atoms with Gasteiger partial charge in [-0.3, -0.25) is 9.59 Å². The van der Waals surface area contributed by atoms with E-state index in [0.717, 1.165) is 24.8 Å². The topological polar surface area (TPSA) is 81.7 Å². The average molecular weight is 359 g/mol. The molecule has 3 rings (SSSR count). The van der Waals surface area contributed by atoms with Crippen molar-refractivity contribution in [2.24, 2.45) is 17.8 Å². The van der Waals surface area contributed by atoms with E-state index >= 15 is 0 Å². The summed E-state index contributed by atoms with van der Waals surface area (Å²) in [7, 11) is 1.28. The number of hydrogen-bond acceptors (Lipinski definition) is 5. The molecule has 140 valence electrons. The molecule has 2 saturated carbocycles. The predicted octanol–water partition coefficient (Wildman–Crippen LogP) is 1.87. The first-order chi connectivity index (χ1) is 12.6. The van der Waals surface area contributed by atoms with Crippen LogP contribution in [0, 0.1) is 17.8 Å². The minimum Gasteiger partial charge on any atom is -0.467 e. The third kappa shape index (κ3) is 4.42. The second-order valence-electron chi connectivity index (χ2n) is 7.22. The predicted molar refractivity (Wildman–Crippen MR) is 94.0 cm³/mol. The minimum absolute atomic E-state index is 0.0673. The van der Waals surface area contributed by atoms with Gasteiger partial charge in [0.1, 0.15) is 6.04 Å². The molecule has 2 aliphatic carbocycles. The molecule has 0 heterocycles. The molecule has 4 atom stereocenters. The summed E-state index contributed by atoms with van der Waals surface area (Å²) in [4.78, 5) is 36.3. The van der Waals surface area contributed by atoms with E-state index in [1.165, 1.54) is 13.5 Å². The Morgan fingerprint density at radius 3 is 2.54 bits per heavy atom. The van der Waals surface area contributed by atoms with Crippen LogP contribution in [0.1, 0.15) is 31.2 Å². The van der Waals surface area contributed by atoms with Crippen LogP contribution in [0.4, 0.5) is 0 Å². The SMILES string of the molecule is COC(=O)C(Cc1ccccc1)NC(=O)COC(=O)C1CC2CCC1C2. The fraction of sp³-hybridized carbons (Fsp3) is 0.550. The van der Waals surface area contributed by atoms with Gasteiger partial charge in [0, 0.05) is 6.42 Å². The van der Waals surface area contributed by atoms with Crippen molar-refractivity contribution in [3.63, 3.8) is 0 Å². The van der Waals surface area contributed by atoms with Crippen molar-refractivity contribution in [2.45, 2.75) is 38.1 Å². The molecule has 1 aromatic carbocycles. The number of hydrogen-bond donors (Lipinski definition) is 1. The van der Waals surface area contributed by atoms with Crippen LogP contribution in [0.3, 0.4) is 0 Å². The van der Waals surface area contributed by atoms with Crippen molar-refractivity contribution in [1.29, 1.82) is 0 Å². The molecule has 0 aliphatic heterocycles. The maximum absolute atomic E-state index is 12.2. The lowest BCUT2D eigenvalue weighted by Crippen LogP contribution is -2.45. The Morgan fingerprint density at radius 2 is 1.92 bits per heavy atom. The second kappa shape index (κ2) is 8.34. The van der Waals surface area contributed by atoms with Crippen LogP contribution in [0.2, 0.25) is 0 Å². The highest BCUT2D eigenvalue weighted by Gasteiger charge is 2.44. The normalized spacial score (nSPS) is 24.7. The van der Waals surface area contributed by atoms with Crippen LogP contribution in [0.25, 0.3) is 0 Å². The van der Waals surface area contributed by atoms with E-state index in [0.29, 0.717) is 18.3 Å². The van der Waals surface area contributed by atoms with Crippen molar-refractivity contribution in [1.82, 2.24) is 5.32 Å². The Morgan fingerprint density at radius 1 is 1.15 bits per heavy atom. The molecule has 4 unspecified atom stereocenters. The molecule has 2 fully saturated rings. The maximum atomic E-state index is 12.2. The summed E-state index contributed by atoms with van der Waals surface area (Å²) in [6.07, 6.45) is 4.59. The monoisotopic (exact) mass is 359 g/mol. The molecular weight excluding hydrogens is 334 g/mol. The smallest absolute Gasteiger partial charge is 0.328 e.